The van der Waals surface area contributed by atoms with Crippen molar-refractivity contribution in [1.82, 2.24) is 9.88 Å². The van der Waals surface area contributed by atoms with Gasteiger partial charge in [0.2, 0.25) is 5.91 Å². The van der Waals surface area contributed by atoms with Gasteiger partial charge in [-0.05, 0) is 36.1 Å². The maximum absolute atomic E-state index is 12.6. The van der Waals surface area contributed by atoms with Crippen LogP contribution in [0.25, 0.3) is 0 Å². The van der Waals surface area contributed by atoms with Crippen LogP contribution in [0, 0.1) is 12.8 Å². The molecule has 1 aromatic carbocycles. The molecule has 2 aromatic rings. The van der Waals surface area contributed by atoms with Crippen LogP contribution in [0.5, 0.6) is 0 Å². The maximum atomic E-state index is 12.6. The smallest absolute Gasteiger partial charge is 0.227 e. The molecule has 1 aromatic heterocycles. The Balaban J connectivity index is 1.28. The third kappa shape index (κ3) is 3.89. The van der Waals surface area contributed by atoms with Crippen LogP contribution in [0.1, 0.15) is 23.1 Å². The average Bonchev–Trinajstić information content (AvgIpc) is 3.07. The summed E-state index contributed by atoms with van der Waals surface area (Å²) in [6.45, 7) is 5.39. The van der Waals surface area contributed by atoms with E-state index in [1.54, 1.807) is 6.20 Å². The lowest BCUT2D eigenvalue weighted by atomic mass is 9.81. The van der Waals surface area contributed by atoms with Crippen molar-refractivity contribution in [2.45, 2.75) is 32.0 Å². The molecule has 1 atom stereocenters. The van der Waals surface area contributed by atoms with Gasteiger partial charge in [0.25, 0.3) is 0 Å². The van der Waals surface area contributed by atoms with E-state index in [-0.39, 0.29) is 11.5 Å². The molecule has 5 heteroatoms. The van der Waals surface area contributed by atoms with E-state index in [0.29, 0.717) is 38.6 Å². The number of ether oxygens (including phenoxy) is 2. The van der Waals surface area contributed by atoms with Crippen molar-refractivity contribution in [2.75, 3.05) is 26.3 Å². The molecule has 2 saturated heterocycles. The summed E-state index contributed by atoms with van der Waals surface area (Å²) in [6.07, 6.45) is 5.05. The van der Waals surface area contributed by atoms with Crippen LogP contribution in [0.15, 0.2) is 48.8 Å². The highest BCUT2D eigenvalue weighted by atomic mass is 16.5. The minimum Gasteiger partial charge on any atom is -0.376 e. The van der Waals surface area contributed by atoms with Crippen LogP contribution in [0.3, 0.4) is 0 Å². The highest BCUT2D eigenvalue weighted by molar-refractivity contribution is 5.80. The van der Waals surface area contributed by atoms with Crippen LogP contribution in [0.4, 0.5) is 0 Å². The van der Waals surface area contributed by atoms with Crippen molar-refractivity contribution < 1.29 is 14.3 Å². The fraction of sp³-hybridized carbons (Fsp3) is 0.455. The van der Waals surface area contributed by atoms with Crippen molar-refractivity contribution in [3.63, 3.8) is 0 Å². The minimum absolute atomic E-state index is 0.181. The molecule has 0 saturated carbocycles. The van der Waals surface area contributed by atoms with E-state index in [1.165, 1.54) is 5.56 Å². The second kappa shape index (κ2) is 7.79. The van der Waals surface area contributed by atoms with E-state index in [0.717, 1.165) is 24.2 Å². The molecule has 0 radical (unpaired) electrons. The number of amides is 1. The Bertz CT molecular complexity index is 787. The number of hydrogen-bond acceptors (Lipinski definition) is 4. The summed E-state index contributed by atoms with van der Waals surface area (Å²) in [7, 11) is 0. The van der Waals surface area contributed by atoms with E-state index >= 15 is 0 Å². The van der Waals surface area contributed by atoms with Gasteiger partial charge in [0.05, 0.1) is 32.7 Å². The Morgan fingerprint density at radius 2 is 2.15 bits per heavy atom. The van der Waals surface area contributed by atoms with E-state index in [9.17, 15) is 4.79 Å². The number of carbonyl (C=O) groups excluding carboxylic acids is 1. The topological polar surface area (TPSA) is 51.7 Å². The van der Waals surface area contributed by atoms with Crippen molar-refractivity contribution >= 4 is 5.91 Å². The van der Waals surface area contributed by atoms with Gasteiger partial charge >= 0.3 is 0 Å². The molecule has 1 spiro atoms. The van der Waals surface area contributed by atoms with E-state index < -0.39 is 0 Å². The lowest BCUT2D eigenvalue weighted by Crippen LogP contribution is -2.66. The number of carbonyl (C=O) groups is 1. The number of nitrogens with zero attached hydrogens (tertiary/aromatic N) is 2. The monoisotopic (exact) mass is 366 g/mol. The van der Waals surface area contributed by atoms with Crippen LogP contribution in [-0.2, 0) is 27.3 Å². The van der Waals surface area contributed by atoms with Gasteiger partial charge in [-0.25, -0.2) is 0 Å². The number of pyridine rings is 1. The van der Waals surface area contributed by atoms with Crippen LogP contribution >= 0.6 is 0 Å². The third-order valence-corrected chi connectivity index (χ3v) is 5.78. The Kier molecular flexibility index (Phi) is 5.23. The zero-order chi connectivity index (χ0) is 18.7. The molecule has 2 fully saturated rings. The normalized spacial score (nSPS) is 20.6. The first kappa shape index (κ1) is 18.1. The highest BCUT2D eigenvalue weighted by Gasteiger charge is 2.54. The molecule has 0 bridgehead atoms. The summed E-state index contributed by atoms with van der Waals surface area (Å²) >= 11 is 0. The van der Waals surface area contributed by atoms with Gasteiger partial charge in [0, 0.05) is 24.9 Å². The first-order chi connectivity index (χ1) is 13.2. The number of hydrogen-bond donors (Lipinski definition) is 0. The van der Waals surface area contributed by atoms with E-state index in [1.807, 2.05) is 41.4 Å². The molecular weight excluding hydrogens is 340 g/mol. The van der Waals surface area contributed by atoms with Gasteiger partial charge in [-0.2, -0.15) is 0 Å². The average molecular weight is 366 g/mol. The number of benzene rings is 1. The Labute approximate surface area is 160 Å². The molecule has 3 heterocycles. The van der Waals surface area contributed by atoms with Crippen molar-refractivity contribution in [2.24, 2.45) is 5.92 Å². The van der Waals surface area contributed by atoms with Crippen molar-refractivity contribution in [3.8, 4) is 0 Å². The Morgan fingerprint density at radius 3 is 2.93 bits per heavy atom. The zero-order valence-corrected chi connectivity index (χ0v) is 15.8. The number of aryl methyl sites for hydroxylation is 1. The zero-order valence-electron chi connectivity index (χ0n) is 15.8. The van der Waals surface area contributed by atoms with Gasteiger partial charge in [0.1, 0.15) is 5.60 Å². The minimum atomic E-state index is -0.212. The van der Waals surface area contributed by atoms with Gasteiger partial charge in [-0.3, -0.25) is 9.78 Å². The molecule has 27 heavy (non-hydrogen) atoms. The first-order valence-corrected chi connectivity index (χ1v) is 9.59. The second-order valence-corrected chi connectivity index (χ2v) is 7.63. The summed E-state index contributed by atoms with van der Waals surface area (Å²) in [5, 5.41) is 0. The number of aromatic nitrogens is 1. The third-order valence-electron chi connectivity index (χ3n) is 5.78. The Hall–Kier alpha value is -2.24. The lowest BCUT2D eigenvalue weighted by Gasteiger charge is -2.50. The maximum Gasteiger partial charge on any atom is 0.227 e. The number of likely N-dealkylation sites (tertiary alicyclic amines) is 1. The van der Waals surface area contributed by atoms with Gasteiger partial charge in [-0.15, -0.1) is 0 Å². The highest BCUT2D eigenvalue weighted by Crippen LogP contribution is 2.40. The summed E-state index contributed by atoms with van der Waals surface area (Å²) in [4.78, 5) is 18.7. The SMILES string of the molecule is Cc1ccccc1CC(=O)N1CC2(C1)OCC[C@H]2COCc1cccnc1. The molecule has 0 N–H and O–H groups in total. The molecule has 5 nitrogen and oxygen atoms in total. The Morgan fingerprint density at radius 1 is 1.30 bits per heavy atom. The van der Waals surface area contributed by atoms with Crippen LogP contribution in [0.2, 0.25) is 0 Å². The predicted octanol–water partition coefficient (Wildman–Crippen LogP) is 2.77. The fourth-order valence-electron chi connectivity index (χ4n) is 4.03. The summed E-state index contributed by atoms with van der Waals surface area (Å²) in [5.74, 6) is 0.525. The van der Waals surface area contributed by atoms with Gasteiger partial charge in [0.15, 0.2) is 0 Å². The molecule has 0 unspecified atom stereocenters. The van der Waals surface area contributed by atoms with E-state index in [2.05, 4.69) is 18.0 Å². The molecular formula is C22H26N2O3. The summed E-state index contributed by atoms with van der Waals surface area (Å²) in [5.41, 5.74) is 3.14. The fourth-order valence-corrected chi connectivity index (χ4v) is 4.03. The lowest BCUT2D eigenvalue weighted by molar-refractivity contribution is -0.168. The van der Waals surface area contributed by atoms with Crippen molar-refractivity contribution in [1.29, 1.82) is 0 Å². The summed E-state index contributed by atoms with van der Waals surface area (Å²) in [6, 6.07) is 12.0. The standard InChI is InChI=1S/C22H26N2O3/c1-17-5-2-3-7-19(17)11-21(25)24-15-22(16-24)20(8-10-27-22)14-26-13-18-6-4-9-23-12-18/h2-7,9,12,20H,8,10-11,13-16H2,1H3/t20-/m0/s1. The van der Waals surface area contributed by atoms with E-state index in [4.69, 9.17) is 9.47 Å². The van der Waals surface area contributed by atoms with Crippen molar-refractivity contribution in [3.05, 3.63) is 65.5 Å². The molecule has 0 aliphatic carbocycles. The molecule has 1 amide bonds. The van der Waals surface area contributed by atoms with Crippen LogP contribution < -0.4 is 0 Å². The van der Waals surface area contributed by atoms with Gasteiger partial charge < -0.3 is 14.4 Å². The largest absolute Gasteiger partial charge is 0.376 e. The first-order valence-electron chi connectivity index (χ1n) is 9.59. The summed E-state index contributed by atoms with van der Waals surface area (Å²) < 4.78 is 12.0. The number of rotatable bonds is 6. The second-order valence-electron chi connectivity index (χ2n) is 7.63. The molecule has 2 aliphatic heterocycles. The molecule has 4 rings (SSSR count). The molecule has 142 valence electrons. The quantitative estimate of drug-likeness (QED) is 0.789. The van der Waals surface area contributed by atoms with Gasteiger partial charge in [-0.1, -0.05) is 30.3 Å². The predicted molar refractivity (Wildman–Crippen MR) is 102 cm³/mol. The van der Waals surface area contributed by atoms with Crippen LogP contribution in [-0.4, -0.2) is 47.7 Å². The molecule has 2 aliphatic rings.